The lowest BCUT2D eigenvalue weighted by Crippen LogP contribution is -2.02. The number of benzene rings is 1. The largest absolute Gasteiger partial charge is 0.478 e. The van der Waals surface area contributed by atoms with Crippen LogP contribution in [0.1, 0.15) is 10.4 Å². The standard InChI is InChI=1S/C14H11N3O2/c1-17-13(6-7-15-17)12-8-10(14(18)19)9-4-2-3-5-11(9)16-12/h2-8H,1H3,(H,18,19). The zero-order chi connectivity index (χ0) is 13.4. The van der Waals surface area contributed by atoms with Crippen molar-refractivity contribution >= 4 is 16.9 Å². The van der Waals surface area contributed by atoms with Crippen LogP contribution in [0.4, 0.5) is 0 Å². The first-order chi connectivity index (χ1) is 9.16. The summed E-state index contributed by atoms with van der Waals surface area (Å²) in [6, 6.07) is 10.6. The summed E-state index contributed by atoms with van der Waals surface area (Å²) in [6.45, 7) is 0. The van der Waals surface area contributed by atoms with Gasteiger partial charge in [-0.15, -0.1) is 0 Å². The Balaban J connectivity index is 2.34. The molecule has 5 heteroatoms. The third-order valence-corrected chi connectivity index (χ3v) is 3.03. The molecule has 0 radical (unpaired) electrons. The van der Waals surface area contributed by atoms with Crippen molar-refractivity contribution in [2.45, 2.75) is 0 Å². The average Bonchev–Trinajstić information content (AvgIpc) is 2.83. The van der Waals surface area contributed by atoms with Gasteiger partial charge in [0.25, 0.3) is 0 Å². The fraction of sp³-hybridized carbons (Fsp3) is 0.0714. The van der Waals surface area contributed by atoms with Crippen molar-refractivity contribution in [2.24, 2.45) is 7.05 Å². The number of fused-ring (bicyclic) bond motifs is 1. The van der Waals surface area contributed by atoms with E-state index in [9.17, 15) is 9.90 Å². The fourth-order valence-corrected chi connectivity index (χ4v) is 2.11. The molecule has 0 unspecified atom stereocenters. The lowest BCUT2D eigenvalue weighted by Gasteiger charge is -2.07. The first-order valence-corrected chi connectivity index (χ1v) is 5.78. The quantitative estimate of drug-likeness (QED) is 0.761. The van der Waals surface area contributed by atoms with Crippen molar-refractivity contribution in [3.8, 4) is 11.4 Å². The maximum Gasteiger partial charge on any atom is 0.336 e. The summed E-state index contributed by atoms with van der Waals surface area (Å²) in [4.78, 5) is 15.9. The molecule has 0 aliphatic carbocycles. The number of carboxylic acids is 1. The monoisotopic (exact) mass is 253 g/mol. The number of pyridine rings is 1. The Morgan fingerprint density at radius 1 is 1.26 bits per heavy atom. The van der Waals surface area contributed by atoms with Gasteiger partial charge in [-0.1, -0.05) is 18.2 Å². The number of aryl methyl sites for hydroxylation is 1. The predicted molar refractivity (Wildman–Crippen MR) is 70.9 cm³/mol. The van der Waals surface area contributed by atoms with Gasteiger partial charge in [-0.25, -0.2) is 9.78 Å². The van der Waals surface area contributed by atoms with E-state index < -0.39 is 5.97 Å². The number of aromatic nitrogens is 3. The number of carboxylic acid groups (broad SMARTS) is 1. The van der Waals surface area contributed by atoms with Crippen LogP contribution < -0.4 is 0 Å². The predicted octanol–water partition coefficient (Wildman–Crippen LogP) is 2.33. The van der Waals surface area contributed by atoms with Crippen LogP contribution in [0.3, 0.4) is 0 Å². The van der Waals surface area contributed by atoms with Crippen molar-refractivity contribution in [3.63, 3.8) is 0 Å². The molecule has 94 valence electrons. The molecule has 0 aliphatic rings. The van der Waals surface area contributed by atoms with Gasteiger partial charge in [0, 0.05) is 18.6 Å². The normalized spacial score (nSPS) is 10.8. The summed E-state index contributed by atoms with van der Waals surface area (Å²) in [5.41, 5.74) is 2.31. The van der Waals surface area contributed by atoms with E-state index in [1.807, 2.05) is 18.2 Å². The van der Waals surface area contributed by atoms with Gasteiger partial charge in [-0.2, -0.15) is 5.10 Å². The molecule has 3 aromatic rings. The minimum absolute atomic E-state index is 0.252. The van der Waals surface area contributed by atoms with Crippen LogP contribution in [0.5, 0.6) is 0 Å². The maximum atomic E-state index is 11.4. The SMILES string of the molecule is Cn1nccc1-c1cc(C(=O)O)c2ccccc2n1. The Kier molecular flexibility index (Phi) is 2.52. The van der Waals surface area contributed by atoms with Crippen molar-refractivity contribution in [1.29, 1.82) is 0 Å². The molecular formula is C14H11N3O2. The highest BCUT2D eigenvalue weighted by molar-refractivity contribution is 6.03. The highest BCUT2D eigenvalue weighted by Crippen LogP contribution is 2.24. The highest BCUT2D eigenvalue weighted by atomic mass is 16.4. The minimum Gasteiger partial charge on any atom is -0.478 e. The number of carbonyl (C=O) groups is 1. The molecule has 5 nitrogen and oxygen atoms in total. The number of para-hydroxylation sites is 1. The van der Waals surface area contributed by atoms with Gasteiger partial charge < -0.3 is 5.11 Å². The van der Waals surface area contributed by atoms with Gasteiger partial charge >= 0.3 is 5.97 Å². The van der Waals surface area contributed by atoms with Gasteiger partial charge in [-0.3, -0.25) is 4.68 Å². The smallest absolute Gasteiger partial charge is 0.336 e. The van der Waals surface area contributed by atoms with Crippen LogP contribution in [0, 0.1) is 0 Å². The zero-order valence-electron chi connectivity index (χ0n) is 10.2. The van der Waals surface area contributed by atoms with Crippen LogP contribution >= 0.6 is 0 Å². The Morgan fingerprint density at radius 3 is 2.74 bits per heavy atom. The van der Waals surface area contributed by atoms with Gasteiger partial charge in [0.15, 0.2) is 0 Å². The van der Waals surface area contributed by atoms with E-state index in [0.717, 1.165) is 5.69 Å². The van der Waals surface area contributed by atoms with E-state index in [0.29, 0.717) is 16.6 Å². The topological polar surface area (TPSA) is 68.0 Å². The van der Waals surface area contributed by atoms with Gasteiger partial charge in [0.2, 0.25) is 0 Å². The molecule has 3 rings (SSSR count). The average molecular weight is 253 g/mol. The third-order valence-electron chi connectivity index (χ3n) is 3.03. The summed E-state index contributed by atoms with van der Waals surface area (Å²) in [5, 5.41) is 14.0. The first-order valence-electron chi connectivity index (χ1n) is 5.78. The van der Waals surface area contributed by atoms with E-state index in [1.165, 1.54) is 0 Å². The van der Waals surface area contributed by atoms with Crippen molar-refractivity contribution in [2.75, 3.05) is 0 Å². The Hall–Kier alpha value is -2.69. The van der Waals surface area contributed by atoms with E-state index in [2.05, 4.69) is 10.1 Å². The van der Waals surface area contributed by atoms with Gasteiger partial charge in [0.05, 0.1) is 22.5 Å². The maximum absolute atomic E-state index is 11.4. The summed E-state index contributed by atoms with van der Waals surface area (Å²) in [5.74, 6) is -0.956. The van der Waals surface area contributed by atoms with Crippen LogP contribution in [0.25, 0.3) is 22.3 Å². The molecule has 0 saturated heterocycles. The van der Waals surface area contributed by atoms with E-state index in [-0.39, 0.29) is 5.56 Å². The molecule has 0 amide bonds. The number of rotatable bonds is 2. The molecule has 0 aliphatic heterocycles. The fourth-order valence-electron chi connectivity index (χ4n) is 2.11. The van der Waals surface area contributed by atoms with Crippen molar-refractivity contribution in [3.05, 3.63) is 48.2 Å². The number of hydrogen-bond acceptors (Lipinski definition) is 3. The molecule has 0 spiro atoms. The van der Waals surface area contributed by atoms with Gasteiger partial charge in [0.1, 0.15) is 0 Å². The lowest BCUT2D eigenvalue weighted by atomic mass is 10.1. The van der Waals surface area contributed by atoms with Crippen LogP contribution in [-0.4, -0.2) is 25.8 Å². The van der Waals surface area contributed by atoms with Crippen molar-refractivity contribution in [1.82, 2.24) is 14.8 Å². The molecule has 2 heterocycles. The van der Waals surface area contributed by atoms with E-state index >= 15 is 0 Å². The molecule has 2 aromatic heterocycles. The molecule has 19 heavy (non-hydrogen) atoms. The molecule has 1 aromatic carbocycles. The Morgan fingerprint density at radius 2 is 2.05 bits per heavy atom. The lowest BCUT2D eigenvalue weighted by molar-refractivity contribution is 0.0699. The van der Waals surface area contributed by atoms with E-state index in [4.69, 9.17) is 0 Å². The minimum atomic E-state index is -0.956. The van der Waals surface area contributed by atoms with Crippen LogP contribution in [-0.2, 0) is 7.05 Å². The first kappa shape index (κ1) is 11.4. The summed E-state index contributed by atoms with van der Waals surface area (Å²) < 4.78 is 1.67. The van der Waals surface area contributed by atoms with E-state index in [1.54, 1.807) is 36.1 Å². The molecule has 0 atom stereocenters. The number of hydrogen-bond donors (Lipinski definition) is 1. The second-order valence-corrected chi connectivity index (χ2v) is 4.22. The molecule has 0 saturated carbocycles. The van der Waals surface area contributed by atoms with Crippen LogP contribution in [0.15, 0.2) is 42.6 Å². The summed E-state index contributed by atoms with van der Waals surface area (Å²) in [6.07, 6.45) is 1.66. The molecule has 0 bridgehead atoms. The summed E-state index contributed by atoms with van der Waals surface area (Å²) in [7, 11) is 1.80. The number of nitrogens with zero attached hydrogens (tertiary/aromatic N) is 3. The molecular weight excluding hydrogens is 242 g/mol. The summed E-state index contributed by atoms with van der Waals surface area (Å²) >= 11 is 0. The second-order valence-electron chi connectivity index (χ2n) is 4.22. The zero-order valence-corrected chi connectivity index (χ0v) is 10.2. The third kappa shape index (κ3) is 1.85. The molecule has 0 fully saturated rings. The van der Waals surface area contributed by atoms with Crippen LogP contribution in [0.2, 0.25) is 0 Å². The Bertz CT molecular complexity index is 777. The Labute approximate surface area is 109 Å². The van der Waals surface area contributed by atoms with Gasteiger partial charge in [-0.05, 0) is 18.2 Å². The second kappa shape index (κ2) is 4.20. The molecule has 1 N–H and O–H groups in total. The van der Waals surface area contributed by atoms with Crippen molar-refractivity contribution < 1.29 is 9.90 Å². The highest BCUT2D eigenvalue weighted by Gasteiger charge is 2.13. The number of aromatic carboxylic acids is 1.